The molecule has 2 aromatic rings. The molecular formula is C16H9Cl2F3O4. The van der Waals surface area contributed by atoms with Crippen molar-refractivity contribution in [3.8, 4) is 0 Å². The van der Waals surface area contributed by atoms with Crippen LogP contribution in [-0.2, 0) is 12.6 Å². The molecule has 0 atom stereocenters. The van der Waals surface area contributed by atoms with Gasteiger partial charge < -0.3 is 10.2 Å². The van der Waals surface area contributed by atoms with E-state index < -0.39 is 23.7 Å². The Morgan fingerprint density at radius 2 is 1.32 bits per heavy atom. The molecule has 0 saturated carbocycles. The Hall–Kier alpha value is -2.25. The predicted octanol–water partition coefficient (Wildman–Crippen LogP) is 5.00. The second-order valence-corrected chi connectivity index (χ2v) is 5.94. The number of rotatable bonds is 4. The van der Waals surface area contributed by atoms with E-state index in [0.29, 0.717) is 12.1 Å². The Balaban J connectivity index is 2.50. The Morgan fingerprint density at radius 3 is 1.68 bits per heavy atom. The molecule has 0 heterocycles. The molecule has 0 unspecified atom stereocenters. The van der Waals surface area contributed by atoms with Gasteiger partial charge in [-0.25, -0.2) is 9.59 Å². The van der Waals surface area contributed by atoms with Crippen LogP contribution >= 0.6 is 23.2 Å². The van der Waals surface area contributed by atoms with Crippen LogP contribution in [0.15, 0.2) is 30.3 Å². The van der Waals surface area contributed by atoms with Crippen molar-refractivity contribution in [1.29, 1.82) is 0 Å². The summed E-state index contributed by atoms with van der Waals surface area (Å²) in [6.07, 6.45) is -4.75. The molecule has 2 aromatic carbocycles. The van der Waals surface area contributed by atoms with Gasteiger partial charge in [0.1, 0.15) is 0 Å². The molecule has 0 aromatic heterocycles. The molecule has 0 aliphatic heterocycles. The van der Waals surface area contributed by atoms with Gasteiger partial charge in [-0.3, -0.25) is 0 Å². The summed E-state index contributed by atoms with van der Waals surface area (Å²) < 4.78 is 38.2. The molecule has 0 spiro atoms. The van der Waals surface area contributed by atoms with Crippen molar-refractivity contribution < 1.29 is 33.0 Å². The maximum Gasteiger partial charge on any atom is 0.416 e. The lowest BCUT2D eigenvalue weighted by Crippen LogP contribution is -2.07. The van der Waals surface area contributed by atoms with Crippen molar-refractivity contribution in [2.24, 2.45) is 0 Å². The van der Waals surface area contributed by atoms with E-state index in [1.165, 1.54) is 12.1 Å². The first-order valence-electron chi connectivity index (χ1n) is 6.64. The first-order chi connectivity index (χ1) is 11.5. The van der Waals surface area contributed by atoms with Crippen LogP contribution in [0.25, 0.3) is 0 Å². The van der Waals surface area contributed by atoms with Gasteiger partial charge in [0, 0.05) is 16.5 Å². The van der Waals surface area contributed by atoms with E-state index in [4.69, 9.17) is 33.4 Å². The van der Waals surface area contributed by atoms with E-state index in [0.717, 1.165) is 6.07 Å². The number of aromatic carboxylic acids is 2. The number of benzene rings is 2. The first kappa shape index (κ1) is 19.1. The summed E-state index contributed by atoms with van der Waals surface area (Å²) in [6, 6.07) is 4.81. The lowest BCUT2D eigenvalue weighted by molar-refractivity contribution is -0.137. The van der Waals surface area contributed by atoms with Crippen LogP contribution in [0, 0.1) is 0 Å². The third kappa shape index (κ3) is 4.43. The van der Waals surface area contributed by atoms with Crippen LogP contribution in [0.1, 0.15) is 37.4 Å². The predicted molar refractivity (Wildman–Crippen MR) is 84.6 cm³/mol. The average Bonchev–Trinajstić information content (AvgIpc) is 2.49. The zero-order valence-electron chi connectivity index (χ0n) is 12.2. The van der Waals surface area contributed by atoms with Gasteiger partial charge in [-0.05, 0) is 41.5 Å². The number of carboxylic acids is 2. The fourth-order valence-corrected chi connectivity index (χ4v) is 2.80. The molecule has 0 aliphatic rings. The molecule has 2 N–H and O–H groups in total. The van der Waals surface area contributed by atoms with E-state index in [9.17, 15) is 22.8 Å². The topological polar surface area (TPSA) is 74.6 Å². The van der Waals surface area contributed by atoms with Crippen LogP contribution in [0.2, 0.25) is 10.0 Å². The second kappa shape index (κ2) is 6.93. The maximum absolute atomic E-state index is 12.7. The summed E-state index contributed by atoms with van der Waals surface area (Å²) in [5.74, 6) is -2.68. The number of carbonyl (C=O) groups is 2. The Bertz CT molecular complexity index is 808. The molecule has 0 fully saturated rings. The number of halogens is 5. The fourth-order valence-electron chi connectivity index (χ4n) is 2.18. The largest absolute Gasteiger partial charge is 0.478 e. The van der Waals surface area contributed by atoms with Gasteiger partial charge >= 0.3 is 18.1 Å². The standard InChI is InChI=1S/C16H9Cl2F3O4/c17-12-5-10(16(19,20)21)6-13(18)11(12)3-7-1-8(14(22)23)4-9(2-7)15(24)25/h1-2,4-6H,3H2,(H,22,23)(H,24,25). The molecule has 9 heteroatoms. The molecule has 0 aliphatic carbocycles. The van der Waals surface area contributed by atoms with Crippen molar-refractivity contribution in [3.63, 3.8) is 0 Å². The Labute approximate surface area is 149 Å². The van der Waals surface area contributed by atoms with Crippen LogP contribution in [-0.4, -0.2) is 22.2 Å². The minimum absolute atomic E-state index is 0.128. The maximum atomic E-state index is 12.7. The van der Waals surface area contributed by atoms with Gasteiger partial charge in [0.05, 0.1) is 16.7 Å². The molecule has 0 bridgehead atoms. The molecule has 25 heavy (non-hydrogen) atoms. The summed E-state index contributed by atoms with van der Waals surface area (Å²) in [7, 11) is 0. The SMILES string of the molecule is O=C(O)c1cc(Cc2c(Cl)cc(C(F)(F)F)cc2Cl)cc(C(=O)O)c1. The van der Waals surface area contributed by atoms with Gasteiger partial charge in [0.2, 0.25) is 0 Å². The van der Waals surface area contributed by atoms with Crippen molar-refractivity contribution in [2.75, 3.05) is 0 Å². The van der Waals surface area contributed by atoms with Crippen LogP contribution in [0.5, 0.6) is 0 Å². The molecule has 2 rings (SSSR count). The van der Waals surface area contributed by atoms with Crippen molar-refractivity contribution in [1.82, 2.24) is 0 Å². The van der Waals surface area contributed by atoms with Crippen LogP contribution in [0.4, 0.5) is 13.2 Å². The first-order valence-corrected chi connectivity index (χ1v) is 7.40. The van der Waals surface area contributed by atoms with Crippen LogP contribution < -0.4 is 0 Å². The van der Waals surface area contributed by atoms with E-state index in [1.54, 1.807) is 0 Å². The lowest BCUT2D eigenvalue weighted by Gasteiger charge is -2.13. The highest BCUT2D eigenvalue weighted by Gasteiger charge is 2.32. The third-order valence-electron chi connectivity index (χ3n) is 3.34. The van der Waals surface area contributed by atoms with Gasteiger partial charge in [-0.1, -0.05) is 23.2 Å². The minimum atomic E-state index is -4.62. The van der Waals surface area contributed by atoms with Gasteiger partial charge in [-0.15, -0.1) is 0 Å². The zero-order valence-corrected chi connectivity index (χ0v) is 13.7. The smallest absolute Gasteiger partial charge is 0.416 e. The van der Waals surface area contributed by atoms with Gasteiger partial charge in [0.25, 0.3) is 0 Å². The summed E-state index contributed by atoms with van der Waals surface area (Å²) in [5.41, 5.74) is -1.18. The van der Waals surface area contributed by atoms with Gasteiger partial charge in [0.15, 0.2) is 0 Å². The average molecular weight is 393 g/mol. The normalized spacial score (nSPS) is 11.4. The number of carboxylic acid groups (broad SMARTS) is 2. The Kier molecular flexibility index (Phi) is 5.29. The van der Waals surface area contributed by atoms with E-state index >= 15 is 0 Å². The number of alkyl halides is 3. The molecular weight excluding hydrogens is 384 g/mol. The summed E-state index contributed by atoms with van der Waals surface area (Å²) >= 11 is 11.8. The Morgan fingerprint density at radius 1 is 0.880 bits per heavy atom. The van der Waals surface area contributed by atoms with E-state index in [2.05, 4.69) is 0 Å². The molecule has 0 amide bonds. The highest BCUT2D eigenvalue weighted by molar-refractivity contribution is 6.36. The van der Waals surface area contributed by atoms with E-state index in [-0.39, 0.29) is 38.7 Å². The molecule has 0 radical (unpaired) electrons. The monoisotopic (exact) mass is 392 g/mol. The quantitative estimate of drug-likeness (QED) is 0.767. The highest BCUT2D eigenvalue weighted by atomic mass is 35.5. The fraction of sp³-hybridized carbons (Fsp3) is 0.125. The summed E-state index contributed by atoms with van der Waals surface area (Å²) in [5, 5.41) is 17.6. The van der Waals surface area contributed by atoms with Gasteiger partial charge in [-0.2, -0.15) is 13.2 Å². The number of hydrogen-bond acceptors (Lipinski definition) is 2. The molecule has 4 nitrogen and oxygen atoms in total. The molecule has 0 saturated heterocycles. The van der Waals surface area contributed by atoms with E-state index in [1.807, 2.05) is 0 Å². The number of hydrogen-bond donors (Lipinski definition) is 2. The zero-order chi connectivity index (χ0) is 18.9. The van der Waals surface area contributed by atoms with Crippen molar-refractivity contribution in [2.45, 2.75) is 12.6 Å². The molecule has 132 valence electrons. The minimum Gasteiger partial charge on any atom is -0.478 e. The summed E-state index contributed by atoms with van der Waals surface area (Å²) in [4.78, 5) is 22.2. The van der Waals surface area contributed by atoms with Crippen molar-refractivity contribution >= 4 is 35.1 Å². The van der Waals surface area contributed by atoms with Crippen LogP contribution in [0.3, 0.4) is 0 Å². The third-order valence-corrected chi connectivity index (χ3v) is 4.01. The summed E-state index contributed by atoms with van der Waals surface area (Å²) in [6.45, 7) is 0. The highest BCUT2D eigenvalue weighted by Crippen LogP contribution is 2.36. The second-order valence-electron chi connectivity index (χ2n) is 5.12. The lowest BCUT2D eigenvalue weighted by atomic mass is 9.98. The van der Waals surface area contributed by atoms with Crippen molar-refractivity contribution in [3.05, 3.63) is 68.2 Å².